The van der Waals surface area contributed by atoms with E-state index in [9.17, 15) is 0 Å². The van der Waals surface area contributed by atoms with Gasteiger partial charge in [-0.1, -0.05) is 32.6 Å². The fraction of sp³-hybridized carbons (Fsp3) is 1.00. The topological polar surface area (TPSA) is 15.3 Å². The molecule has 3 fully saturated rings. The first-order valence-corrected chi connectivity index (χ1v) is 9.28. The van der Waals surface area contributed by atoms with Crippen molar-refractivity contribution in [2.45, 2.75) is 77.2 Å². The Bertz CT molecular complexity index is 296. The third-order valence-electron chi connectivity index (χ3n) is 6.31. The number of hydrogen-bond acceptors (Lipinski definition) is 2. The highest BCUT2D eigenvalue weighted by atomic mass is 15.2. The lowest BCUT2D eigenvalue weighted by molar-refractivity contribution is 0.0392. The molecule has 2 unspecified atom stereocenters. The average molecular weight is 278 g/mol. The van der Waals surface area contributed by atoms with Crippen molar-refractivity contribution in [3.63, 3.8) is 0 Å². The lowest BCUT2D eigenvalue weighted by atomic mass is 9.72. The average Bonchev–Trinajstić information content (AvgIpc) is 2.96. The van der Waals surface area contributed by atoms with E-state index in [1.165, 1.54) is 83.8 Å². The van der Waals surface area contributed by atoms with E-state index in [4.69, 9.17) is 0 Å². The summed E-state index contributed by atoms with van der Waals surface area (Å²) in [6.07, 6.45) is 14.8. The summed E-state index contributed by atoms with van der Waals surface area (Å²) in [5, 5.41) is 3.68. The van der Waals surface area contributed by atoms with E-state index in [0.29, 0.717) is 5.41 Å². The quantitative estimate of drug-likeness (QED) is 0.822. The van der Waals surface area contributed by atoms with E-state index >= 15 is 0 Å². The van der Waals surface area contributed by atoms with Crippen LogP contribution in [0.2, 0.25) is 0 Å². The van der Waals surface area contributed by atoms with Gasteiger partial charge < -0.3 is 5.32 Å². The van der Waals surface area contributed by atoms with Crippen LogP contribution in [0, 0.1) is 11.3 Å². The van der Waals surface area contributed by atoms with Gasteiger partial charge in [0.05, 0.1) is 0 Å². The van der Waals surface area contributed by atoms with Crippen LogP contribution < -0.4 is 5.32 Å². The van der Waals surface area contributed by atoms with E-state index in [2.05, 4.69) is 17.1 Å². The van der Waals surface area contributed by atoms with Crippen LogP contribution in [0.15, 0.2) is 0 Å². The molecule has 2 saturated carbocycles. The number of rotatable bonds is 5. The van der Waals surface area contributed by atoms with Crippen LogP contribution in [-0.2, 0) is 0 Å². The van der Waals surface area contributed by atoms with Gasteiger partial charge in [0.2, 0.25) is 0 Å². The monoisotopic (exact) mass is 278 g/mol. The van der Waals surface area contributed by atoms with Crippen molar-refractivity contribution in [1.82, 2.24) is 10.2 Å². The summed E-state index contributed by atoms with van der Waals surface area (Å²) in [5.74, 6) is 1.04. The summed E-state index contributed by atoms with van der Waals surface area (Å²) in [5.41, 5.74) is 0.596. The standard InChI is InChI=1S/C18H34N2/c1-2-19-14-18(11-4-3-5-12-18)15-20-13-7-9-16-8-6-10-17(16)20/h16-17,19H,2-15H2,1H3. The highest BCUT2D eigenvalue weighted by molar-refractivity contribution is 4.94. The smallest absolute Gasteiger partial charge is 0.0124 e. The zero-order valence-electron chi connectivity index (χ0n) is 13.5. The molecule has 1 heterocycles. The van der Waals surface area contributed by atoms with Crippen LogP contribution in [0.3, 0.4) is 0 Å². The third-order valence-corrected chi connectivity index (χ3v) is 6.31. The molecule has 0 amide bonds. The summed E-state index contributed by atoms with van der Waals surface area (Å²) in [7, 11) is 0. The van der Waals surface area contributed by atoms with Gasteiger partial charge in [-0.25, -0.2) is 0 Å². The van der Waals surface area contributed by atoms with E-state index < -0.39 is 0 Å². The normalized spacial score (nSPS) is 34.0. The van der Waals surface area contributed by atoms with E-state index in [1.807, 2.05) is 0 Å². The van der Waals surface area contributed by atoms with E-state index in [1.54, 1.807) is 0 Å². The maximum absolute atomic E-state index is 3.68. The van der Waals surface area contributed by atoms with Gasteiger partial charge in [-0.3, -0.25) is 4.90 Å². The Balaban J connectivity index is 1.65. The van der Waals surface area contributed by atoms with E-state index in [0.717, 1.165) is 18.5 Å². The zero-order chi connectivity index (χ0) is 13.8. The Morgan fingerprint density at radius 1 is 1.00 bits per heavy atom. The van der Waals surface area contributed by atoms with Crippen molar-refractivity contribution in [3.05, 3.63) is 0 Å². The minimum absolute atomic E-state index is 0.596. The number of piperidine rings is 1. The van der Waals surface area contributed by atoms with Gasteiger partial charge in [0.15, 0.2) is 0 Å². The number of hydrogen-bond donors (Lipinski definition) is 1. The lowest BCUT2D eigenvalue weighted by Gasteiger charge is -2.46. The number of fused-ring (bicyclic) bond motifs is 1. The van der Waals surface area contributed by atoms with Crippen molar-refractivity contribution in [1.29, 1.82) is 0 Å². The van der Waals surface area contributed by atoms with Crippen molar-refractivity contribution in [2.75, 3.05) is 26.2 Å². The van der Waals surface area contributed by atoms with Crippen LogP contribution in [0.25, 0.3) is 0 Å². The fourth-order valence-electron chi connectivity index (χ4n) is 5.27. The molecule has 20 heavy (non-hydrogen) atoms. The van der Waals surface area contributed by atoms with Crippen molar-refractivity contribution < 1.29 is 0 Å². The Labute approximate surface area is 125 Å². The molecule has 2 heteroatoms. The minimum atomic E-state index is 0.596. The van der Waals surface area contributed by atoms with Crippen molar-refractivity contribution in [3.8, 4) is 0 Å². The lowest BCUT2D eigenvalue weighted by Crippen LogP contribution is -2.51. The van der Waals surface area contributed by atoms with Gasteiger partial charge in [-0.15, -0.1) is 0 Å². The van der Waals surface area contributed by atoms with Gasteiger partial charge in [-0.05, 0) is 62.9 Å². The molecule has 0 radical (unpaired) electrons. The Morgan fingerprint density at radius 2 is 1.80 bits per heavy atom. The first kappa shape index (κ1) is 14.8. The van der Waals surface area contributed by atoms with Crippen LogP contribution >= 0.6 is 0 Å². The zero-order valence-corrected chi connectivity index (χ0v) is 13.5. The number of nitrogens with one attached hydrogen (secondary N) is 1. The predicted octanol–water partition coefficient (Wildman–Crippen LogP) is 3.81. The minimum Gasteiger partial charge on any atom is -0.316 e. The molecular formula is C18H34N2. The van der Waals surface area contributed by atoms with Crippen LogP contribution in [0.1, 0.15) is 71.1 Å². The molecule has 0 aromatic rings. The summed E-state index contributed by atoms with van der Waals surface area (Å²) >= 11 is 0. The highest BCUT2D eigenvalue weighted by Gasteiger charge is 2.40. The maximum Gasteiger partial charge on any atom is 0.0124 e. The van der Waals surface area contributed by atoms with Gasteiger partial charge >= 0.3 is 0 Å². The van der Waals surface area contributed by atoms with E-state index in [-0.39, 0.29) is 0 Å². The second kappa shape index (κ2) is 6.79. The molecule has 0 aromatic carbocycles. The molecule has 2 aliphatic carbocycles. The molecule has 116 valence electrons. The summed E-state index contributed by atoms with van der Waals surface area (Å²) in [6.45, 7) is 7.42. The van der Waals surface area contributed by atoms with Crippen LogP contribution in [-0.4, -0.2) is 37.1 Å². The second-order valence-electron chi connectivity index (χ2n) is 7.71. The van der Waals surface area contributed by atoms with Crippen molar-refractivity contribution in [2.24, 2.45) is 11.3 Å². The van der Waals surface area contributed by atoms with Gasteiger partial charge in [0.1, 0.15) is 0 Å². The third kappa shape index (κ3) is 3.22. The Morgan fingerprint density at radius 3 is 2.60 bits per heavy atom. The Kier molecular flexibility index (Phi) is 5.04. The predicted molar refractivity (Wildman–Crippen MR) is 86.0 cm³/mol. The molecular weight excluding hydrogens is 244 g/mol. The summed E-state index contributed by atoms with van der Waals surface area (Å²) in [6, 6.07) is 0.948. The van der Waals surface area contributed by atoms with Gasteiger partial charge in [-0.2, -0.15) is 0 Å². The largest absolute Gasteiger partial charge is 0.316 e. The molecule has 2 atom stereocenters. The SMILES string of the molecule is CCNCC1(CN2CCCC3CCCC32)CCCCC1. The fourth-order valence-corrected chi connectivity index (χ4v) is 5.27. The Hall–Kier alpha value is -0.0800. The second-order valence-corrected chi connectivity index (χ2v) is 7.71. The van der Waals surface area contributed by atoms with Gasteiger partial charge in [0, 0.05) is 19.1 Å². The summed E-state index contributed by atoms with van der Waals surface area (Å²) < 4.78 is 0. The van der Waals surface area contributed by atoms with Crippen LogP contribution in [0.5, 0.6) is 0 Å². The molecule has 0 spiro atoms. The first-order chi connectivity index (χ1) is 9.83. The molecule has 3 aliphatic rings. The number of likely N-dealkylation sites (tertiary alicyclic amines) is 1. The maximum atomic E-state index is 3.68. The van der Waals surface area contributed by atoms with Gasteiger partial charge in [0.25, 0.3) is 0 Å². The molecule has 1 N–H and O–H groups in total. The molecule has 0 aromatic heterocycles. The van der Waals surface area contributed by atoms with Crippen molar-refractivity contribution >= 4 is 0 Å². The summed E-state index contributed by atoms with van der Waals surface area (Å²) in [4.78, 5) is 2.92. The number of nitrogens with zero attached hydrogens (tertiary/aromatic N) is 1. The first-order valence-electron chi connectivity index (χ1n) is 9.28. The molecule has 2 nitrogen and oxygen atoms in total. The molecule has 3 rings (SSSR count). The molecule has 0 bridgehead atoms. The van der Waals surface area contributed by atoms with Crippen LogP contribution in [0.4, 0.5) is 0 Å². The molecule has 1 aliphatic heterocycles. The highest BCUT2D eigenvalue weighted by Crippen LogP contribution is 2.42. The molecule has 1 saturated heterocycles.